The summed E-state index contributed by atoms with van der Waals surface area (Å²) in [5, 5.41) is 0. The SMILES string of the molecule is FC1=C(Br)Cc2ccccc2-c2ccccc21. The van der Waals surface area contributed by atoms with E-state index < -0.39 is 0 Å². The van der Waals surface area contributed by atoms with Gasteiger partial charge in [-0.25, -0.2) is 4.39 Å². The van der Waals surface area contributed by atoms with Crippen molar-refractivity contribution in [3.05, 3.63) is 64.1 Å². The van der Waals surface area contributed by atoms with Crippen molar-refractivity contribution in [3.8, 4) is 11.1 Å². The first-order chi connectivity index (χ1) is 8.27. The Labute approximate surface area is 108 Å². The maximum Gasteiger partial charge on any atom is 0.141 e. The fraction of sp³-hybridized carbons (Fsp3) is 0.0667. The van der Waals surface area contributed by atoms with Gasteiger partial charge in [0, 0.05) is 16.5 Å². The van der Waals surface area contributed by atoms with E-state index in [2.05, 4.69) is 15.9 Å². The average Bonchev–Trinajstić information content (AvgIpc) is 2.48. The number of hydrogen-bond donors (Lipinski definition) is 0. The van der Waals surface area contributed by atoms with Gasteiger partial charge in [0.25, 0.3) is 0 Å². The van der Waals surface area contributed by atoms with Crippen LogP contribution in [0, 0.1) is 0 Å². The van der Waals surface area contributed by atoms with Crippen LogP contribution in [0.1, 0.15) is 11.1 Å². The molecule has 0 nitrogen and oxygen atoms in total. The highest BCUT2D eigenvalue weighted by molar-refractivity contribution is 9.11. The van der Waals surface area contributed by atoms with Gasteiger partial charge >= 0.3 is 0 Å². The Morgan fingerprint density at radius 1 is 0.824 bits per heavy atom. The molecule has 3 rings (SSSR count). The lowest BCUT2D eigenvalue weighted by Gasteiger charge is -2.08. The summed E-state index contributed by atoms with van der Waals surface area (Å²) in [6, 6.07) is 15.7. The van der Waals surface area contributed by atoms with Crippen LogP contribution in [-0.4, -0.2) is 0 Å². The second-order valence-electron chi connectivity index (χ2n) is 4.10. The van der Waals surface area contributed by atoms with Crippen molar-refractivity contribution < 1.29 is 4.39 Å². The molecule has 1 aliphatic carbocycles. The number of benzene rings is 2. The molecule has 0 N–H and O–H groups in total. The van der Waals surface area contributed by atoms with Crippen LogP contribution in [0.2, 0.25) is 0 Å². The van der Waals surface area contributed by atoms with Gasteiger partial charge < -0.3 is 0 Å². The van der Waals surface area contributed by atoms with E-state index in [0.717, 1.165) is 16.7 Å². The second-order valence-corrected chi connectivity index (χ2v) is 5.06. The first-order valence-corrected chi connectivity index (χ1v) is 6.28. The van der Waals surface area contributed by atoms with Crippen molar-refractivity contribution in [1.29, 1.82) is 0 Å². The van der Waals surface area contributed by atoms with Crippen LogP contribution >= 0.6 is 15.9 Å². The van der Waals surface area contributed by atoms with E-state index >= 15 is 0 Å². The Kier molecular flexibility index (Phi) is 2.60. The fourth-order valence-corrected chi connectivity index (χ4v) is 2.75. The van der Waals surface area contributed by atoms with Crippen LogP contribution < -0.4 is 0 Å². The van der Waals surface area contributed by atoms with Gasteiger partial charge in [0.1, 0.15) is 5.83 Å². The summed E-state index contributed by atoms with van der Waals surface area (Å²) < 4.78 is 14.8. The van der Waals surface area contributed by atoms with Gasteiger partial charge in [-0.3, -0.25) is 0 Å². The third kappa shape index (κ3) is 1.73. The van der Waals surface area contributed by atoms with E-state index in [9.17, 15) is 4.39 Å². The van der Waals surface area contributed by atoms with E-state index in [1.165, 1.54) is 0 Å². The molecular formula is C15H10BrF. The Hall–Kier alpha value is -1.41. The van der Waals surface area contributed by atoms with Gasteiger partial charge in [-0.15, -0.1) is 0 Å². The number of fused-ring (bicyclic) bond motifs is 3. The van der Waals surface area contributed by atoms with Crippen LogP contribution in [0.3, 0.4) is 0 Å². The molecule has 2 aromatic rings. The summed E-state index contributed by atoms with van der Waals surface area (Å²) in [6.45, 7) is 0. The zero-order chi connectivity index (χ0) is 11.8. The molecule has 0 saturated heterocycles. The van der Waals surface area contributed by atoms with E-state index in [1.807, 2.05) is 48.5 Å². The summed E-state index contributed by atoms with van der Waals surface area (Å²) in [7, 11) is 0. The monoisotopic (exact) mass is 288 g/mol. The lowest BCUT2D eigenvalue weighted by Crippen LogP contribution is -1.87. The number of allylic oxidation sites excluding steroid dienone is 1. The molecule has 0 bridgehead atoms. The lowest BCUT2D eigenvalue weighted by atomic mass is 9.96. The van der Waals surface area contributed by atoms with Crippen LogP contribution in [0.5, 0.6) is 0 Å². The summed E-state index contributed by atoms with van der Waals surface area (Å²) in [5.41, 5.74) is 3.91. The third-order valence-corrected chi connectivity index (χ3v) is 3.68. The van der Waals surface area contributed by atoms with Crippen molar-refractivity contribution >= 4 is 21.8 Å². The summed E-state index contributed by atoms with van der Waals surface area (Å²) >= 11 is 3.35. The molecule has 84 valence electrons. The van der Waals surface area contributed by atoms with Gasteiger partial charge in [0.15, 0.2) is 0 Å². The average molecular weight is 289 g/mol. The van der Waals surface area contributed by atoms with Crippen LogP contribution in [-0.2, 0) is 6.42 Å². The molecule has 0 unspecified atom stereocenters. The summed E-state index contributed by atoms with van der Waals surface area (Å²) in [5.74, 6) is -0.156. The molecule has 2 heteroatoms. The van der Waals surface area contributed by atoms with Crippen LogP contribution in [0.15, 0.2) is 53.0 Å². The van der Waals surface area contributed by atoms with Crippen molar-refractivity contribution in [1.82, 2.24) is 0 Å². The maximum absolute atomic E-state index is 14.2. The Morgan fingerprint density at radius 3 is 2.18 bits per heavy atom. The van der Waals surface area contributed by atoms with Crippen molar-refractivity contribution in [3.63, 3.8) is 0 Å². The van der Waals surface area contributed by atoms with Gasteiger partial charge in [-0.1, -0.05) is 64.5 Å². The van der Waals surface area contributed by atoms with Crippen LogP contribution in [0.4, 0.5) is 4.39 Å². The molecule has 0 saturated carbocycles. The molecule has 0 heterocycles. The minimum Gasteiger partial charge on any atom is -0.205 e. The molecule has 0 atom stereocenters. The molecule has 17 heavy (non-hydrogen) atoms. The molecule has 0 aliphatic heterocycles. The first kappa shape index (κ1) is 10.7. The standard InChI is InChI=1S/C15H10BrF/c16-14-9-10-5-1-2-6-11(10)12-7-3-4-8-13(12)15(14)17/h1-8H,9H2. The van der Waals surface area contributed by atoms with Gasteiger partial charge in [0.2, 0.25) is 0 Å². The zero-order valence-electron chi connectivity index (χ0n) is 9.08. The van der Waals surface area contributed by atoms with Crippen molar-refractivity contribution in [2.24, 2.45) is 0 Å². The molecule has 0 aromatic heterocycles. The highest BCUT2D eigenvalue weighted by Gasteiger charge is 2.19. The molecule has 0 spiro atoms. The highest BCUT2D eigenvalue weighted by atomic mass is 79.9. The maximum atomic E-state index is 14.2. The molecule has 1 aliphatic rings. The van der Waals surface area contributed by atoms with Crippen LogP contribution in [0.25, 0.3) is 17.0 Å². The normalized spacial score (nSPS) is 14.0. The molecule has 2 aromatic carbocycles. The Balaban J connectivity index is 2.38. The van der Waals surface area contributed by atoms with Gasteiger partial charge in [-0.2, -0.15) is 0 Å². The van der Waals surface area contributed by atoms with E-state index in [4.69, 9.17) is 0 Å². The van der Waals surface area contributed by atoms with E-state index in [-0.39, 0.29) is 5.83 Å². The quantitative estimate of drug-likeness (QED) is 0.644. The Bertz CT molecular complexity index is 614. The highest BCUT2D eigenvalue weighted by Crippen LogP contribution is 2.39. The van der Waals surface area contributed by atoms with E-state index in [0.29, 0.717) is 16.5 Å². The first-order valence-electron chi connectivity index (χ1n) is 5.49. The minimum atomic E-state index is -0.156. The van der Waals surface area contributed by atoms with Crippen molar-refractivity contribution in [2.45, 2.75) is 6.42 Å². The second kappa shape index (κ2) is 4.11. The smallest absolute Gasteiger partial charge is 0.141 e. The fourth-order valence-electron chi connectivity index (χ4n) is 2.24. The predicted octanol–water partition coefficient (Wildman–Crippen LogP) is 4.94. The summed E-state index contributed by atoms with van der Waals surface area (Å²) in [4.78, 5) is 0. The van der Waals surface area contributed by atoms with E-state index in [1.54, 1.807) is 0 Å². The van der Waals surface area contributed by atoms with Gasteiger partial charge in [-0.05, 0) is 16.7 Å². The predicted molar refractivity (Wildman–Crippen MR) is 72.5 cm³/mol. The molecule has 0 amide bonds. The number of rotatable bonds is 0. The largest absolute Gasteiger partial charge is 0.205 e. The molecule has 0 radical (unpaired) electrons. The van der Waals surface area contributed by atoms with Gasteiger partial charge in [0.05, 0.1) is 0 Å². The minimum absolute atomic E-state index is 0.156. The lowest BCUT2D eigenvalue weighted by molar-refractivity contribution is 0.756. The third-order valence-electron chi connectivity index (χ3n) is 3.05. The number of halogens is 2. The van der Waals surface area contributed by atoms with Crippen molar-refractivity contribution in [2.75, 3.05) is 0 Å². The molecule has 0 fully saturated rings. The zero-order valence-corrected chi connectivity index (χ0v) is 10.7. The molecular weight excluding hydrogens is 279 g/mol. The number of hydrogen-bond acceptors (Lipinski definition) is 0. The Morgan fingerprint density at radius 2 is 1.41 bits per heavy atom. The topological polar surface area (TPSA) is 0 Å². The summed E-state index contributed by atoms with van der Waals surface area (Å²) in [6.07, 6.45) is 0.608.